The van der Waals surface area contributed by atoms with Crippen molar-refractivity contribution in [3.63, 3.8) is 0 Å². The monoisotopic (exact) mass is 571 g/mol. The summed E-state index contributed by atoms with van der Waals surface area (Å²) in [6, 6.07) is 7.19. The highest BCUT2D eigenvalue weighted by Gasteiger charge is 2.19. The molecule has 216 valence electrons. The number of carbonyl (C=O) groups excluding carboxylic acids is 2. The highest BCUT2D eigenvalue weighted by Crippen LogP contribution is 2.36. The first-order valence-corrected chi connectivity index (χ1v) is 13.4. The Morgan fingerprint density at radius 1 is 1.12 bits per heavy atom. The number of hydrogen-bond acceptors (Lipinski definition) is 9. The number of ether oxygens (including phenoxy) is 3. The third kappa shape index (κ3) is 8.19. The van der Waals surface area contributed by atoms with Crippen LogP contribution >= 0.6 is 11.6 Å². The zero-order chi connectivity index (χ0) is 29.6. The fourth-order valence-corrected chi connectivity index (χ4v) is 4.06. The van der Waals surface area contributed by atoms with Gasteiger partial charge in [0.05, 0.1) is 25.2 Å². The van der Waals surface area contributed by atoms with Crippen molar-refractivity contribution >= 4 is 45.9 Å². The number of alkyl carbamates (subject to hydrolysis) is 1. The Morgan fingerprint density at radius 2 is 1.85 bits per heavy atom. The van der Waals surface area contributed by atoms with Gasteiger partial charge >= 0.3 is 6.09 Å². The summed E-state index contributed by atoms with van der Waals surface area (Å²) < 4.78 is 16.7. The number of hydrogen-bond donors (Lipinski definition) is 2. The molecule has 0 fully saturated rings. The number of amides is 1. The van der Waals surface area contributed by atoms with Gasteiger partial charge in [-0.05, 0) is 71.8 Å². The molecule has 1 unspecified atom stereocenters. The van der Waals surface area contributed by atoms with Gasteiger partial charge in [-0.3, -0.25) is 9.69 Å². The van der Waals surface area contributed by atoms with Crippen molar-refractivity contribution < 1.29 is 23.8 Å². The maximum atomic E-state index is 11.9. The number of benzene rings is 2. The number of Topliss-reactive ketones (excluding diaryl/α,β-unsaturated/α-hetero) is 1. The first kappa shape index (κ1) is 30.9. The van der Waals surface area contributed by atoms with E-state index in [1.807, 2.05) is 37.9 Å². The van der Waals surface area contributed by atoms with Gasteiger partial charge in [0, 0.05) is 28.7 Å². The molecule has 11 heteroatoms. The molecule has 1 heterocycles. The van der Waals surface area contributed by atoms with Crippen molar-refractivity contribution in [2.45, 2.75) is 59.7 Å². The van der Waals surface area contributed by atoms with Gasteiger partial charge in [-0.15, -0.1) is 0 Å². The van der Waals surface area contributed by atoms with E-state index in [1.165, 1.54) is 6.33 Å². The summed E-state index contributed by atoms with van der Waals surface area (Å²) in [5, 5.41) is 7.39. The number of nitrogens with zero attached hydrogens (tertiary/aromatic N) is 3. The summed E-state index contributed by atoms with van der Waals surface area (Å²) in [5.41, 5.74) is 2.72. The maximum absolute atomic E-state index is 11.9. The van der Waals surface area contributed by atoms with Gasteiger partial charge in [0.1, 0.15) is 30.1 Å². The van der Waals surface area contributed by atoms with Crippen LogP contribution in [0.2, 0.25) is 5.02 Å². The van der Waals surface area contributed by atoms with Crippen LogP contribution in [-0.2, 0) is 16.1 Å². The second-order valence-electron chi connectivity index (χ2n) is 10.6. The van der Waals surface area contributed by atoms with Crippen molar-refractivity contribution in [3.8, 4) is 11.5 Å². The lowest BCUT2D eigenvalue weighted by molar-refractivity contribution is -0.121. The summed E-state index contributed by atoms with van der Waals surface area (Å²) in [5.74, 6) is 1.60. The predicted octanol–water partition coefficient (Wildman–Crippen LogP) is 5.66. The van der Waals surface area contributed by atoms with E-state index in [9.17, 15) is 9.59 Å². The molecular weight excluding hydrogens is 534 g/mol. The molecule has 0 saturated heterocycles. The zero-order valence-corrected chi connectivity index (χ0v) is 25.1. The van der Waals surface area contributed by atoms with Crippen LogP contribution in [0.25, 0.3) is 10.9 Å². The van der Waals surface area contributed by atoms with Gasteiger partial charge in [-0.1, -0.05) is 17.7 Å². The molecule has 2 aromatic carbocycles. The van der Waals surface area contributed by atoms with Crippen molar-refractivity contribution in [1.82, 2.24) is 20.2 Å². The van der Waals surface area contributed by atoms with Gasteiger partial charge in [0.25, 0.3) is 0 Å². The molecule has 1 amide bonds. The van der Waals surface area contributed by atoms with Crippen molar-refractivity contribution in [1.29, 1.82) is 0 Å². The zero-order valence-electron chi connectivity index (χ0n) is 24.3. The highest BCUT2D eigenvalue weighted by molar-refractivity contribution is 6.31. The summed E-state index contributed by atoms with van der Waals surface area (Å²) in [4.78, 5) is 34.7. The topological polar surface area (TPSA) is 115 Å². The van der Waals surface area contributed by atoms with Crippen molar-refractivity contribution in [2.75, 3.05) is 32.6 Å². The van der Waals surface area contributed by atoms with E-state index in [2.05, 4.69) is 20.6 Å². The Labute approximate surface area is 240 Å². The Morgan fingerprint density at radius 3 is 2.50 bits per heavy atom. The fraction of sp³-hybridized carbons (Fsp3) is 0.448. The Kier molecular flexibility index (Phi) is 10.2. The lowest BCUT2D eigenvalue weighted by Gasteiger charge is -2.24. The Bertz CT molecular complexity index is 1380. The number of carbonyl (C=O) groups is 2. The number of anilines is 2. The summed E-state index contributed by atoms with van der Waals surface area (Å²) in [6.07, 6.45) is 0.951. The van der Waals surface area contributed by atoms with Crippen LogP contribution in [0.3, 0.4) is 0 Å². The van der Waals surface area contributed by atoms with Crippen molar-refractivity contribution in [3.05, 3.63) is 46.7 Å². The number of fused-ring (bicyclic) bond motifs is 1. The third-order valence-corrected chi connectivity index (χ3v) is 6.66. The molecule has 3 aromatic rings. The minimum Gasteiger partial charge on any atom is -0.493 e. The molecule has 1 aromatic heterocycles. The average Bonchev–Trinajstić information content (AvgIpc) is 2.87. The Hall–Kier alpha value is -3.63. The molecule has 0 saturated carbocycles. The predicted molar refractivity (Wildman–Crippen MR) is 157 cm³/mol. The number of aryl methyl sites for hydroxylation is 1. The van der Waals surface area contributed by atoms with E-state index in [4.69, 9.17) is 25.8 Å². The van der Waals surface area contributed by atoms with Crippen LogP contribution < -0.4 is 20.1 Å². The van der Waals surface area contributed by atoms with Crippen LogP contribution in [0.4, 0.5) is 16.3 Å². The fourth-order valence-electron chi connectivity index (χ4n) is 3.90. The van der Waals surface area contributed by atoms with Crippen LogP contribution in [0.1, 0.15) is 45.7 Å². The molecule has 40 heavy (non-hydrogen) atoms. The molecule has 0 bridgehead atoms. The van der Waals surface area contributed by atoms with E-state index >= 15 is 0 Å². The molecule has 0 aliphatic rings. The molecule has 0 radical (unpaired) electrons. The quantitative estimate of drug-likeness (QED) is 0.281. The minimum absolute atomic E-state index is 0.0901. The molecular formula is C29H38ClN5O5. The normalized spacial score (nSPS) is 12.2. The molecule has 10 nitrogen and oxygen atoms in total. The van der Waals surface area contributed by atoms with E-state index in [-0.39, 0.29) is 25.0 Å². The van der Waals surface area contributed by atoms with Gasteiger partial charge in [-0.25, -0.2) is 14.8 Å². The largest absolute Gasteiger partial charge is 0.493 e. The van der Waals surface area contributed by atoms with Crippen LogP contribution in [-0.4, -0.2) is 65.7 Å². The summed E-state index contributed by atoms with van der Waals surface area (Å²) in [6.45, 7) is 11.8. The molecule has 0 spiro atoms. The number of rotatable bonds is 11. The molecule has 0 aliphatic heterocycles. The van der Waals surface area contributed by atoms with Gasteiger partial charge in [0.15, 0.2) is 11.5 Å². The van der Waals surface area contributed by atoms with Gasteiger partial charge in [0.2, 0.25) is 0 Å². The van der Waals surface area contributed by atoms with E-state index in [1.54, 1.807) is 46.9 Å². The van der Waals surface area contributed by atoms with Gasteiger partial charge < -0.3 is 24.8 Å². The van der Waals surface area contributed by atoms with Gasteiger partial charge in [-0.2, -0.15) is 0 Å². The van der Waals surface area contributed by atoms with Crippen LogP contribution in [0, 0.1) is 6.92 Å². The Balaban J connectivity index is 1.88. The number of halogens is 1. The molecule has 1 atom stereocenters. The smallest absolute Gasteiger partial charge is 0.407 e. The summed E-state index contributed by atoms with van der Waals surface area (Å²) >= 11 is 6.50. The van der Waals surface area contributed by atoms with E-state index < -0.39 is 11.7 Å². The average molecular weight is 572 g/mol. The molecule has 0 aliphatic carbocycles. The number of aromatic nitrogens is 2. The number of nitrogens with one attached hydrogen (secondary N) is 2. The third-order valence-electron chi connectivity index (χ3n) is 6.26. The maximum Gasteiger partial charge on any atom is 0.407 e. The second kappa shape index (κ2) is 13.1. The standard InChI is InChI=1S/C29H38ClN5O5/c1-17-11-20(15-35(7)18(2)19(3)36)23(13-22(17)30)34-27-21-12-26(25(38-8)14-24(21)32-16-33-27)39-10-9-31-28(37)40-29(4,5)6/h11-14,16,18H,9-10,15H2,1-8H3,(H,31,37)(H,32,33,34). The second-order valence-corrected chi connectivity index (χ2v) is 11.0. The number of ketones is 1. The lowest BCUT2D eigenvalue weighted by atomic mass is 10.1. The van der Waals surface area contributed by atoms with Crippen LogP contribution in [0.15, 0.2) is 30.6 Å². The van der Waals surface area contributed by atoms with E-state index in [0.29, 0.717) is 39.8 Å². The molecule has 2 N–H and O–H groups in total. The first-order valence-electron chi connectivity index (χ1n) is 13.0. The van der Waals surface area contributed by atoms with E-state index in [0.717, 1.165) is 16.8 Å². The number of likely N-dealkylation sites (N-methyl/N-ethyl adjacent to an activating group) is 1. The summed E-state index contributed by atoms with van der Waals surface area (Å²) in [7, 11) is 3.46. The number of methoxy groups -OCH3 is 1. The first-order chi connectivity index (χ1) is 18.8. The SMILES string of the molecule is COc1cc2ncnc(Nc3cc(Cl)c(C)cc3CN(C)C(C)C(C)=O)c2cc1OCCNC(=O)OC(C)(C)C. The highest BCUT2D eigenvalue weighted by atomic mass is 35.5. The van der Waals surface area contributed by atoms with Crippen LogP contribution in [0.5, 0.6) is 11.5 Å². The lowest BCUT2D eigenvalue weighted by Crippen LogP contribution is -2.34. The van der Waals surface area contributed by atoms with Crippen molar-refractivity contribution in [2.24, 2.45) is 0 Å². The minimum atomic E-state index is -0.585. The molecule has 3 rings (SSSR count).